The molecule has 0 N–H and O–H groups in total. The maximum atomic E-state index is 6.18. The van der Waals surface area contributed by atoms with Crippen LogP contribution in [0, 0.1) is 0 Å². The van der Waals surface area contributed by atoms with Gasteiger partial charge in [0.2, 0.25) is 0 Å². The Labute approximate surface area is 116 Å². The molecule has 1 aromatic heterocycles. The minimum atomic E-state index is 0.368. The fraction of sp³-hybridized carbons (Fsp3) is 0.692. The first-order valence-corrected chi connectivity index (χ1v) is 7.49. The lowest BCUT2D eigenvalue weighted by Gasteiger charge is -2.21. The summed E-state index contributed by atoms with van der Waals surface area (Å²) in [6.45, 7) is 4.27. The summed E-state index contributed by atoms with van der Waals surface area (Å²) in [5, 5.41) is 0.560. The minimum Gasteiger partial charge on any atom is -0.236 e. The summed E-state index contributed by atoms with van der Waals surface area (Å²) < 4.78 is 0.855. The first kappa shape index (κ1) is 13.3. The fourth-order valence-corrected chi connectivity index (χ4v) is 3.20. The smallest absolute Gasteiger partial charge is 0.147 e. The molecule has 4 heteroatoms. The summed E-state index contributed by atoms with van der Waals surface area (Å²) in [5.41, 5.74) is 1.03. The molecule has 0 aliphatic heterocycles. The number of hydrogen-bond donors (Lipinski definition) is 0. The van der Waals surface area contributed by atoms with Crippen LogP contribution in [0.15, 0.2) is 4.47 Å². The third-order valence-electron chi connectivity index (χ3n) is 3.37. The third kappa shape index (κ3) is 3.00. The zero-order valence-corrected chi connectivity index (χ0v) is 12.7. The van der Waals surface area contributed by atoms with E-state index in [0.29, 0.717) is 17.0 Å². The van der Waals surface area contributed by atoms with Crippen LogP contribution in [0.5, 0.6) is 0 Å². The van der Waals surface area contributed by atoms with E-state index in [2.05, 4.69) is 34.8 Å². The molecule has 0 radical (unpaired) electrons. The van der Waals surface area contributed by atoms with Crippen molar-refractivity contribution >= 4 is 27.5 Å². The quantitative estimate of drug-likeness (QED) is 0.712. The van der Waals surface area contributed by atoms with Gasteiger partial charge in [-0.15, -0.1) is 0 Å². The van der Waals surface area contributed by atoms with Crippen molar-refractivity contribution in [1.29, 1.82) is 0 Å². The van der Waals surface area contributed by atoms with Crippen molar-refractivity contribution in [1.82, 2.24) is 9.97 Å². The normalized spacial score (nSPS) is 17.7. The van der Waals surface area contributed by atoms with Gasteiger partial charge in [-0.1, -0.05) is 44.7 Å². The molecule has 0 saturated heterocycles. The van der Waals surface area contributed by atoms with Crippen LogP contribution in [0.25, 0.3) is 0 Å². The number of nitrogens with zero attached hydrogens (tertiary/aromatic N) is 2. The fourth-order valence-electron chi connectivity index (χ4n) is 2.38. The second-order valence-corrected chi connectivity index (χ2v) is 6.21. The molecule has 0 spiro atoms. The van der Waals surface area contributed by atoms with E-state index < -0.39 is 0 Å². The maximum Gasteiger partial charge on any atom is 0.147 e. The Morgan fingerprint density at radius 2 is 1.82 bits per heavy atom. The van der Waals surface area contributed by atoms with Crippen molar-refractivity contribution in [3.63, 3.8) is 0 Å². The first-order valence-electron chi connectivity index (χ1n) is 6.32. The molecule has 1 aromatic rings. The summed E-state index contributed by atoms with van der Waals surface area (Å²) in [6, 6.07) is 0. The van der Waals surface area contributed by atoms with Crippen molar-refractivity contribution in [2.45, 2.75) is 57.8 Å². The molecule has 0 amide bonds. The molecular weight excluding hydrogens is 300 g/mol. The molecule has 94 valence electrons. The lowest BCUT2D eigenvalue weighted by molar-refractivity contribution is 0.427. The predicted molar refractivity (Wildman–Crippen MR) is 74.7 cm³/mol. The highest BCUT2D eigenvalue weighted by atomic mass is 79.9. The minimum absolute atomic E-state index is 0.368. The largest absolute Gasteiger partial charge is 0.236 e. The van der Waals surface area contributed by atoms with Gasteiger partial charge in [0.1, 0.15) is 11.0 Å². The molecule has 1 fully saturated rings. The SMILES string of the molecule is CC(C)c1nc(C2CCCCC2)nc(Cl)c1Br. The van der Waals surface area contributed by atoms with Crippen molar-refractivity contribution in [3.05, 3.63) is 21.1 Å². The predicted octanol–water partition coefficient (Wildman–Crippen LogP) is 5.06. The second-order valence-electron chi connectivity index (χ2n) is 5.06. The Kier molecular flexibility index (Phi) is 4.42. The summed E-state index contributed by atoms with van der Waals surface area (Å²) in [5.74, 6) is 1.82. The summed E-state index contributed by atoms with van der Waals surface area (Å²) in [7, 11) is 0. The molecule has 2 rings (SSSR count). The van der Waals surface area contributed by atoms with Crippen LogP contribution in [0.3, 0.4) is 0 Å². The Balaban J connectivity index is 2.34. The van der Waals surface area contributed by atoms with E-state index in [1.54, 1.807) is 0 Å². The van der Waals surface area contributed by atoms with E-state index in [-0.39, 0.29) is 0 Å². The number of halogens is 2. The van der Waals surface area contributed by atoms with Gasteiger partial charge in [0.15, 0.2) is 0 Å². The molecule has 0 bridgehead atoms. The maximum absolute atomic E-state index is 6.18. The van der Waals surface area contributed by atoms with E-state index in [0.717, 1.165) is 16.0 Å². The molecule has 2 nitrogen and oxygen atoms in total. The first-order chi connectivity index (χ1) is 8.09. The van der Waals surface area contributed by atoms with Crippen molar-refractivity contribution < 1.29 is 0 Å². The summed E-state index contributed by atoms with van der Waals surface area (Å²) in [6.07, 6.45) is 6.33. The molecule has 1 aliphatic carbocycles. The highest BCUT2D eigenvalue weighted by molar-refractivity contribution is 9.10. The van der Waals surface area contributed by atoms with E-state index in [4.69, 9.17) is 16.6 Å². The van der Waals surface area contributed by atoms with Gasteiger partial charge in [0.05, 0.1) is 10.2 Å². The van der Waals surface area contributed by atoms with Crippen molar-refractivity contribution in [3.8, 4) is 0 Å². The molecule has 1 heterocycles. The average Bonchev–Trinajstić information content (AvgIpc) is 2.33. The lowest BCUT2D eigenvalue weighted by atomic mass is 9.88. The van der Waals surface area contributed by atoms with Gasteiger partial charge in [-0.2, -0.15) is 0 Å². The van der Waals surface area contributed by atoms with Gasteiger partial charge in [-0.25, -0.2) is 9.97 Å². The van der Waals surface area contributed by atoms with Gasteiger partial charge in [-0.3, -0.25) is 0 Å². The van der Waals surface area contributed by atoms with E-state index in [1.807, 2.05) is 0 Å². The van der Waals surface area contributed by atoms with Crippen LogP contribution in [0.2, 0.25) is 5.15 Å². The Morgan fingerprint density at radius 1 is 1.18 bits per heavy atom. The van der Waals surface area contributed by atoms with Gasteiger partial charge in [0.25, 0.3) is 0 Å². The van der Waals surface area contributed by atoms with Crippen LogP contribution in [0.4, 0.5) is 0 Å². The van der Waals surface area contributed by atoms with Crippen LogP contribution < -0.4 is 0 Å². The zero-order valence-electron chi connectivity index (χ0n) is 10.3. The van der Waals surface area contributed by atoms with Gasteiger partial charge in [-0.05, 0) is 34.7 Å². The topological polar surface area (TPSA) is 25.8 Å². The van der Waals surface area contributed by atoms with Crippen LogP contribution in [0.1, 0.15) is 69.3 Å². The van der Waals surface area contributed by atoms with E-state index >= 15 is 0 Å². The molecule has 1 saturated carbocycles. The molecule has 1 aliphatic rings. The second kappa shape index (κ2) is 5.66. The van der Waals surface area contributed by atoms with Crippen LogP contribution in [-0.2, 0) is 0 Å². The average molecular weight is 318 g/mol. The molecule has 0 atom stereocenters. The lowest BCUT2D eigenvalue weighted by Crippen LogP contribution is -2.11. The van der Waals surface area contributed by atoms with Gasteiger partial charge in [0, 0.05) is 5.92 Å². The Hall–Kier alpha value is -0.150. The number of rotatable bonds is 2. The van der Waals surface area contributed by atoms with Gasteiger partial charge < -0.3 is 0 Å². The summed E-state index contributed by atoms with van der Waals surface area (Å²) >= 11 is 9.67. The highest BCUT2D eigenvalue weighted by Crippen LogP contribution is 2.35. The summed E-state index contributed by atoms with van der Waals surface area (Å²) in [4.78, 5) is 9.16. The highest BCUT2D eigenvalue weighted by Gasteiger charge is 2.21. The Bertz CT molecular complexity index is 401. The van der Waals surface area contributed by atoms with E-state index in [9.17, 15) is 0 Å². The van der Waals surface area contributed by atoms with Crippen LogP contribution in [-0.4, -0.2) is 9.97 Å². The van der Waals surface area contributed by atoms with Crippen molar-refractivity contribution in [2.24, 2.45) is 0 Å². The standard InChI is InChI=1S/C13H18BrClN2/c1-8(2)11-10(14)12(15)17-13(16-11)9-6-4-3-5-7-9/h8-9H,3-7H2,1-2H3. The monoisotopic (exact) mass is 316 g/mol. The van der Waals surface area contributed by atoms with Crippen molar-refractivity contribution in [2.75, 3.05) is 0 Å². The molecule has 0 unspecified atom stereocenters. The third-order valence-corrected chi connectivity index (χ3v) is 4.65. The molecule has 17 heavy (non-hydrogen) atoms. The number of aromatic nitrogens is 2. The Morgan fingerprint density at radius 3 is 2.41 bits per heavy atom. The van der Waals surface area contributed by atoms with Crippen LogP contribution >= 0.6 is 27.5 Å². The zero-order chi connectivity index (χ0) is 12.4. The number of hydrogen-bond acceptors (Lipinski definition) is 2. The molecular formula is C13H18BrClN2. The van der Waals surface area contributed by atoms with Gasteiger partial charge >= 0.3 is 0 Å². The van der Waals surface area contributed by atoms with E-state index in [1.165, 1.54) is 32.1 Å². The molecule has 0 aromatic carbocycles.